The molecule has 0 saturated heterocycles. The SMILES string of the molecule is C.COC(=O)c1cc(-c2n[nH]c(=O)n2-c2ccccc2C)c(OCc2ccccc2)cc1OCc1ccccc1.COC(=O)c1cc(-c2nnc(C)n2-c2ccccc2C)c(OCc2ccccc2)cc1O. The van der Waals surface area contributed by atoms with E-state index in [1.807, 2.05) is 165 Å². The maximum Gasteiger partial charge on any atom is 0.348 e. The van der Waals surface area contributed by atoms with Gasteiger partial charge < -0.3 is 28.8 Å². The summed E-state index contributed by atoms with van der Waals surface area (Å²) in [7, 11) is 2.57. The minimum Gasteiger partial charge on any atom is -0.507 e. The van der Waals surface area contributed by atoms with Crippen LogP contribution < -0.4 is 19.9 Å². The zero-order valence-corrected chi connectivity index (χ0v) is 39.7. The van der Waals surface area contributed by atoms with Crippen LogP contribution in [0, 0.1) is 20.8 Å². The molecule has 0 aliphatic carbocycles. The van der Waals surface area contributed by atoms with E-state index >= 15 is 0 Å². The van der Waals surface area contributed by atoms with E-state index in [1.54, 1.807) is 12.1 Å². The van der Waals surface area contributed by atoms with Crippen molar-refractivity contribution >= 4 is 11.9 Å². The molecule has 0 aliphatic heterocycles. The molecule has 0 unspecified atom stereocenters. The van der Waals surface area contributed by atoms with Crippen molar-refractivity contribution in [2.24, 2.45) is 0 Å². The van der Waals surface area contributed by atoms with Gasteiger partial charge in [-0.15, -0.1) is 10.2 Å². The van der Waals surface area contributed by atoms with Crippen LogP contribution in [0.5, 0.6) is 23.0 Å². The second-order valence-electron chi connectivity index (χ2n) is 16.2. The number of esters is 2. The van der Waals surface area contributed by atoms with Gasteiger partial charge in [0.1, 0.15) is 59.8 Å². The third-order valence-electron chi connectivity index (χ3n) is 11.4. The van der Waals surface area contributed by atoms with Gasteiger partial charge in [-0.2, -0.15) is 5.10 Å². The lowest BCUT2D eigenvalue weighted by molar-refractivity contribution is 0.0587. The smallest absolute Gasteiger partial charge is 0.348 e. The Morgan fingerprint density at radius 1 is 0.528 bits per heavy atom. The number of H-pyrrole nitrogens is 1. The predicted molar refractivity (Wildman–Crippen MR) is 274 cm³/mol. The number of carbonyl (C=O) groups is 2. The lowest BCUT2D eigenvalue weighted by Gasteiger charge is -2.17. The van der Waals surface area contributed by atoms with Crippen molar-refractivity contribution in [3.05, 3.63) is 219 Å². The zero-order valence-electron chi connectivity index (χ0n) is 39.7. The lowest BCUT2D eigenvalue weighted by Crippen LogP contribution is -2.17. The number of hydrogen-bond donors (Lipinski definition) is 2. The summed E-state index contributed by atoms with van der Waals surface area (Å²) in [5.41, 5.74) is 7.06. The van der Waals surface area contributed by atoms with E-state index in [4.69, 9.17) is 23.7 Å². The number of ether oxygens (including phenoxy) is 5. The Labute approximate surface area is 416 Å². The Balaban J connectivity index is 0.000000212. The van der Waals surface area contributed by atoms with Crippen molar-refractivity contribution in [3.8, 4) is 57.1 Å². The highest BCUT2D eigenvalue weighted by Crippen LogP contribution is 2.39. The van der Waals surface area contributed by atoms with E-state index in [2.05, 4.69) is 20.4 Å². The Morgan fingerprint density at radius 2 is 0.958 bits per heavy atom. The summed E-state index contributed by atoms with van der Waals surface area (Å²) < 4.78 is 31.7. The number of nitrogens with one attached hydrogen (secondary N) is 1. The van der Waals surface area contributed by atoms with E-state index < -0.39 is 17.6 Å². The van der Waals surface area contributed by atoms with E-state index in [0.29, 0.717) is 40.0 Å². The van der Waals surface area contributed by atoms with Crippen molar-refractivity contribution in [1.82, 2.24) is 29.5 Å². The summed E-state index contributed by atoms with van der Waals surface area (Å²) in [6.07, 6.45) is 0. The van der Waals surface area contributed by atoms with Crippen LogP contribution in [-0.4, -0.2) is 60.8 Å². The van der Waals surface area contributed by atoms with Crippen LogP contribution in [-0.2, 0) is 29.3 Å². The van der Waals surface area contributed by atoms with Gasteiger partial charge in [-0.25, -0.2) is 24.0 Å². The molecule has 9 rings (SSSR count). The fourth-order valence-corrected chi connectivity index (χ4v) is 7.74. The van der Waals surface area contributed by atoms with Gasteiger partial charge in [0.2, 0.25) is 0 Å². The maximum atomic E-state index is 12.9. The molecule has 0 amide bonds. The molecule has 0 saturated carbocycles. The molecule has 0 aliphatic rings. The number of benzene rings is 7. The Bertz CT molecular complexity index is 3350. The first-order chi connectivity index (χ1) is 34.5. The van der Waals surface area contributed by atoms with Gasteiger partial charge >= 0.3 is 17.6 Å². The first-order valence-electron chi connectivity index (χ1n) is 22.5. The van der Waals surface area contributed by atoms with E-state index in [9.17, 15) is 19.5 Å². The molecule has 0 fully saturated rings. The average molecular weight is 967 g/mol. The number of phenolic OH excluding ortho intramolecular Hbond substituents is 1. The number of aromatic nitrogens is 6. The third-order valence-corrected chi connectivity index (χ3v) is 11.4. The Hall–Kier alpha value is -9.24. The fourth-order valence-electron chi connectivity index (χ4n) is 7.74. The minimum atomic E-state index is -0.656. The molecule has 0 atom stereocenters. The topological polar surface area (TPSA) is 182 Å². The van der Waals surface area contributed by atoms with Crippen LogP contribution in [0.3, 0.4) is 0 Å². The molecule has 2 aromatic heterocycles. The van der Waals surface area contributed by atoms with Crippen molar-refractivity contribution < 1.29 is 38.4 Å². The molecule has 72 heavy (non-hydrogen) atoms. The monoisotopic (exact) mass is 966 g/mol. The molecular formula is C57H54N6O9. The molecule has 0 bridgehead atoms. The van der Waals surface area contributed by atoms with Crippen LogP contribution in [0.1, 0.15) is 61.8 Å². The number of phenols is 1. The highest BCUT2D eigenvalue weighted by molar-refractivity contribution is 5.95. The van der Waals surface area contributed by atoms with E-state index in [1.165, 1.54) is 30.9 Å². The zero-order chi connectivity index (χ0) is 49.9. The van der Waals surface area contributed by atoms with Gasteiger partial charge in [0.25, 0.3) is 0 Å². The second kappa shape index (κ2) is 23.4. The molecule has 366 valence electrons. The number of hydrogen-bond acceptors (Lipinski definition) is 12. The van der Waals surface area contributed by atoms with Crippen LogP contribution in [0.25, 0.3) is 34.2 Å². The van der Waals surface area contributed by atoms with E-state index in [-0.39, 0.29) is 55.7 Å². The van der Waals surface area contributed by atoms with Crippen molar-refractivity contribution in [2.75, 3.05) is 14.2 Å². The van der Waals surface area contributed by atoms with Gasteiger partial charge in [-0.05, 0) is 72.9 Å². The highest BCUT2D eigenvalue weighted by Gasteiger charge is 2.26. The summed E-state index contributed by atoms with van der Waals surface area (Å²) in [6.45, 7) is 6.53. The highest BCUT2D eigenvalue weighted by atomic mass is 16.5. The molecule has 15 heteroatoms. The summed E-state index contributed by atoms with van der Waals surface area (Å²) in [5.74, 6) is 1.04. The summed E-state index contributed by atoms with van der Waals surface area (Å²) in [4.78, 5) is 38.1. The quantitative estimate of drug-likeness (QED) is 0.0929. The summed E-state index contributed by atoms with van der Waals surface area (Å²) >= 11 is 0. The van der Waals surface area contributed by atoms with Gasteiger partial charge in [0.05, 0.1) is 36.7 Å². The molecular weight excluding hydrogens is 913 g/mol. The number of methoxy groups -OCH3 is 2. The summed E-state index contributed by atoms with van der Waals surface area (Å²) in [5, 5.41) is 26.0. The number of rotatable bonds is 15. The van der Waals surface area contributed by atoms with E-state index in [0.717, 1.165) is 33.5 Å². The number of para-hydroxylation sites is 2. The number of aromatic amines is 1. The third kappa shape index (κ3) is 11.4. The lowest BCUT2D eigenvalue weighted by atomic mass is 10.1. The largest absolute Gasteiger partial charge is 0.507 e. The normalized spacial score (nSPS) is 10.6. The number of aryl methyl sites for hydroxylation is 3. The van der Waals surface area contributed by atoms with Gasteiger partial charge in [0, 0.05) is 12.1 Å². The Kier molecular flexibility index (Phi) is 16.4. The van der Waals surface area contributed by atoms with Crippen molar-refractivity contribution in [1.29, 1.82) is 0 Å². The molecule has 9 aromatic rings. The van der Waals surface area contributed by atoms with Crippen molar-refractivity contribution in [3.63, 3.8) is 0 Å². The molecule has 15 nitrogen and oxygen atoms in total. The van der Waals surface area contributed by atoms with Crippen LogP contribution in [0.4, 0.5) is 0 Å². The number of aromatic hydroxyl groups is 1. The number of carbonyl (C=O) groups excluding carboxylic acids is 2. The molecule has 7 aromatic carbocycles. The minimum absolute atomic E-state index is 0. The Morgan fingerprint density at radius 3 is 1.47 bits per heavy atom. The molecule has 0 radical (unpaired) electrons. The first kappa shape index (κ1) is 50.6. The first-order valence-corrected chi connectivity index (χ1v) is 22.5. The van der Waals surface area contributed by atoms with Crippen LogP contribution >= 0.6 is 0 Å². The molecule has 2 N–H and O–H groups in total. The van der Waals surface area contributed by atoms with Gasteiger partial charge in [-0.3, -0.25) is 4.57 Å². The fraction of sp³-hybridized carbons (Fsp3) is 0.158. The molecule has 0 spiro atoms. The molecule has 2 heterocycles. The van der Waals surface area contributed by atoms with Crippen LogP contribution in [0.15, 0.2) is 169 Å². The van der Waals surface area contributed by atoms with Gasteiger partial charge in [-0.1, -0.05) is 135 Å². The standard InChI is InChI=1S/C31H27N3O5.C25H23N3O4.CH4/c1-21-11-9-10-16-26(21)34-29(32-33-31(34)36)24-17-25(30(35)37-2)28(39-20-23-14-7-4-8-15-23)18-27(24)38-19-22-12-5-3-6-13-22;1-16-9-7-8-12-21(16)28-17(2)26-27-24(28)20-13-19(25(30)31-3)22(29)14-23(20)32-15-18-10-5-4-6-11-18;/h3-18H,19-20H2,1-2H3,(H,33,36);4-14,29H,15H2,1-3H3;1H4. The maximum absolute atomic E-state index is 12.9. The average Bonchev–Trinajstić information content (AvgIpc) is 3.98. The number of nitrogens with zero attached hydrogens (tertiary/aromatic N) is 5. The second-order valence-corrected chi connectivity index (χ2v) is 16.2. The van der Waals surface area contributed by atoms with Crippen LogP contribution in [0.2, 0.25) is 0 Å². The predicted octanol–water partition coefficient (Wildman–Crippen LogP) is 10.7. The van der Waals surface area contributed by atoms with Gasteiger partial charge in [0.15, 0.2) is 11.6 Å². The summed E-state index contributed by atoms with van der Waals surface area (Å²) in [6, 6.07) is 50.5. The van der Waals surface area contributed by atoms with Crippen molar-refractivity contribution in [2.45, 2.75) is 48.0 Å².